The van der Waals surface area contributed by atoms with Crippen LogP contribution >= 0.6 is 0 Å². The molecule has 0 aromatic heterocycles. The van der Waals surface area contributed by atoms with Crippen molar-refractivity contribution in [1.29, 1.82) is 0 Å². The van der Waals surface area contributed by atoms with Crippen molar-refractivity contribution in [3.63, 3.8) is 0 Å². The van der Waals surface area contributed by atoms with Crippen molar-refractivity contribution >= 4 is 5.57 Å². The van der Waals surface area contributed by atoms with Crippen molar-refractivity contribution in [3.05, 3.63) is 118 Å². The van der Waals surface area contributed by atoms with Crippen LogP contribution in [0.4, 0.5) is 0 Å². The molecule has 0 bridgehead atoms. The maximum absolute atomic E-state index is 3.81. The zero-order chi connectivity index (χ0) is 18.1. The summed E-state index contributed by atoms with van der Waals surface area (Å²) in [4.78, 5) is 0. The van der Waals surface area contributed by atoms with Crippen LogP contribution in [0.1, 0.15) is 36.1 Å². The molecule has 2 atom stereocenters. The van der Waals surface area contributed by atoms with Gasteiger partial charge in [0.25, 0.3) is 0 Å². The maximum Gasteiger partial charge on any atom is 0.0309 e. The number of rotatable bonds is 3. The molecule has 128 valence electrons. The van der Waals surface area contributed by atoms with Gasteiger partial charge in [-0.15, -0.1) is 5.73 Å². The second kappa shape index (κ2) is 6.48. The van der Waals surface area contributed by atoms with Crippen LogP contribution in [0.25, 0.3) is 5.57 Å². The topological polar surface area (TPSA) is 0 Å². The van der Waals surface area contributed by atoms with E-state index in [0.717, 1.165) is 0 Å². The lowest BCUT2D eigenvalue weighted by Crippen LogP contribution is -2.03. The average molecular weight is 336 g/mol. The smallest absolute Gasteiger partial charge is 0.0309 e. The van der Waals surface area contributed by atoms with Gasteiger partial charge in [0.15, 0.2) is 0 Å². The van der Waals surface area contributed by atoms with E-state index in [1.165, 1.54) is 33.4 Å². The molecule has 0 aliphatic heterocycles. The van der Waals surface area contributed by atoms with E-state index in [2.05, 4.69) is 111 Å². The third-order valence-corrected chi connectivity index (χ3v) is 5.81. The summed E-state index contributed by atoms with van der Waals surface area (Å²) in [5.74, 6) is 0.507. The summed E-state index contributed by atoms with van der Waals surface area (Å²) in [6, 6.07) is 30.2. The Labute approximate surface area is 156 Å². The second-order valence-corrected chi connectivity index (χ2v) is 7.44. The van der Waals surface area contributed by atoms with Crippen molar-refractivity contribution in [3.8, 4) is 0 Å². The number of aryl methyl sites for hydroxylation is 1. The van der Waals surface area contributed by atoms with Gasteiger partial charge in [-0.3, -0.25) is 0 Å². The van der Waals surface area contributed by atoms with E-state index < -0.39 is 0 Å². The van der Waals surface area contributed by atoms with Crippen molar-refractivity contribution in [2.75, 3.05) is 0 Å². The van der Waals surface area contributed by atoms with Crippen molar-refractivity contribution in [2.45, 2.75) is 26.2 Å². The van der Waals surface area contributed by atoms with Crippen molar-refractivity contribution in [1.82, 2.24) is 0 Å². The molecule has 1 fully saturated rings. The normalized spacial score (nSPS) is 21.2. The first-order valence-corrected chi connectivity index (χ1v) is 9.30. The molecular weight excluding hydrogens is 312 g/mol. The zero-order valence-corrected chi connectivity index (χ0v) is 15.7. The van der Waals surface area contributed by atoms with Gasteiger partial charge in [-0.2, -0.15) is 0 Å². The highest BCUT2D eigenvalue weighted by Gasteiger charge is 2.54. The highest BCUT2D eigenvalue weighted by molar-refractivity contribution is 5.80. The minimum atomic E-state index is 0.0858. The number of benzene rings is 3. The lowest BCUT2D eigenvalue weighted by Gasteiger charge is -2.10. The molecule has 0 spiro atoms. The fourth-order valence-electron chi connectivity index (χ4n) is 3.82. The Bertz CT molecular complexity index is 930. The molecule has 0 unspecified atom stereocenters. The van der Waals surface area contributed by atoms with Gasteiger partial charge in [-0.1, -0.05) is 104 Å². The Hall–Kier alpha value is -2.82. The Morgan fingerprint density at radius 1 is 0.769 bits per heavy atom. The summed E-state index contributed by atoms with van der Waals surface area (Å²) >= 11 is 0. The van der Waals surface area contributed by atoms with Gasteiger partial charge >= 0.3 is 0 Å². The summed E-state index contributed by atoms with van der Waals surface area (Å²) in [5, 5.41) is 0. The zero-order valence-electron chi connectivity index (χ0n) is 15.7. The van der Waals surface area contributed by atoms with E-state index >= 15 is 0 Å². The molecule has 0 saturated heterocycles. The molecule has 26 heavy (non-hydrogen) atoms. The summed E-state index contributed by atoms with van der Waals surface area (Å²) in [6.07, 6.45) is 0. The molecule has 1 aliphatic rings. The Morgan fingerprint density at radius 3 is 1.77 bits per heavy atom. The van der Waals surface area contributed by atoms with Crippen LogP contribution in [-0.2, 0) is 5.41 Å². The lowest BCUT2D eigenvalue weighted by atomic mass is 9.93. The average Bonchev–Trinajstić information content (AvgIpc) is 3.22. The number of allylic oxidation sites excluding steroid dienone is 1. The van der Waals surface area contributed by atoms with Crippen LogP contribution in [0, 0.1) is 12.8 Å². The third kappa shape index (κ3) is 2.83. The highest BCUT2D eigenvalue weighted by Crippen LogP contribution is 2.59. The van der Waals surface area contributed by atoms with Gasteiger partial charge in [0.05, 0.1) is 0 Å². The fourth-order valence-corrected chi connectivity index (χ4v) is 3.82. The molecule has 0 heteroatoms. The van der Waals surface area contributed by atoms with Gasteiger partial charge in [0, 0.05) is 11.0 Å². The van der Waals surface area contributed by atoms with E-state index in [9.17, 15) is 0 Å². The Morgan fingerprint density at radius 2 is 1.27 bits per heavy atom. The molecule has 3 aromatic carbocycles. The van der Waals surface area contributed by atoms with Gasteiger partial charge in [-0.25, -0.2) is 0 Å². The van der Waals surface area contributed by atoms with Crippen LogP contribution in [-0.4, -0.2) is 0 Å². The van der Waals surface area contributed by atoms with Crippen LogP contribution in [0.2, 0.25) is 0 Å². The second-order valence-electron chi connectivity index (χ2n) is 7.44. The predicted molar refractivity (Wildman–Crippen MR) is 110 cm³/mol. The first-order chi connectivity index (χ1) is 12.6. The molecule has 0 amide bonds. The van der Waals surface area contributed by atoms with E-state index in [4.69, 9.17) is 0 Å². The third-order valence-electron chi connectivity index (χ3n) is 5.81. The summed E-state index contributed by atoms with van der Waals surface area (Å²) < 4.78 is 0. The molecule has 3 aromatic rings. The monoisotopic (exact) mass is 336 g/mol. The maximum atomic E-state index is 3.81. The van der Waals surface area contributed by atoms with Gasteiger partial charge in [0.2, 0.25) is 0 Å². The molecule has 4 rings (SSSR count). The van der Waals surface area contributed by atoms with Crippen molar-refractivity contribution in [2.24, 2.45) is 5.92 Å². The standard InChI is InChI=1S/C26H24/c1-19-14-16-23(17-15-19)26(3)20(2)25(26)18-24(21-10-6-4-7-11-21)22-12-8-5-9-13-22/h4-17,20H,1-3H3/t20-,26+/m1/s1. The molecule has 1 aliphatic carbocycles. The molecule has 1 saturated carbocycles. The largest absolute Gasteiger partial charge is 0.111 e. The van der Waals surface area contributed by atoms with E-state index in [1.807, 2.05) is 0 Å². The number of hydrogen-bond acceptors (Lipinski definition) is 0. The van der Waals surface area contributed by atoms with Gasteiger partial charge < -0.3 is 0 Å². The van der Waals surface area contributed by atoms with E-state index in [0.29, 0.717) is 5.92 Å². The SMILES string of the molecule is Cc1ccc([C@@]2(C)C(=C=C(c3ccccc3)c3ccccc3)[C@H]2C)cc1. The van der Waals surface area contributed by atoms with Crippen LogP contribution in [0.3, 0.4) is 0 Å². The Kier molecular flexibility index (Phi) is 4.15. The molecule has 0 N–H and O–H groups in total. The first-order valence-electron chi connectivity index (χ1n) is 9.30. The fraction of sp³-hybridized carbons (Fsp3) is 0.192. The summed E-state index contributed by atoms with van der Waals surface area (Å²) in [6.45, 7) is 6.80. The molecule has 0 radical (unpaired) electrons. The van der Waals surface area contributed by atoms with Crippen molar-refractivity contribution < 1.29 is 0 Å². The summed E-state index contributed by atoms with van der Waals surface area (Å²) in [7, 11) is 0. The van der Waals surface area contributed by atoms with E-state index in [-0.39, 0.29) is 5.41 Å². The van der Waals surface area contributed by atoms with Crippen LogP contribution in [0.5, 0.6) is 0 Å². The number of hydrogen-bond donors (Lipinski definition) is 0. The predicted octanol–water partition coefficient (Wildman–Crippen LogP) is 6.56. The molecule has 0 heterocycles. The minimum Gasteiger partial charge on any atom is -0.111 e. The molecular formula is C26H24. The highest BCUT2D eigenvalue weighted by atomic mass is 14.6. The van der Waals surface area contributed by atoms with Gasteiger partial charge in [-0.05, 0) is 35.1 Å². The Balaban J connectivity index is 1.88. The molecule has 0 nitrogen and oxygen atoms in total. The van der Waals surface area contributed by atoms with Crippen LogP contribution < -0.4 is 0 Å². The summed E-state index contributed by atoms with van der Waals surface area (Å²) in [5.41, 5.74) is 11.6. The minimum absolute atomic E-state index is 0.0858. The lowest BCUT2D eigenvalue weighted by molar-refractivity contribution is 0.706. The first kappa shape index (κ1) is 16.6. The quantitative estimate of drug-likeness (QED) is 0.475. The van der Waals surface area contributed by atoms with Crippen LogP contribution in [0.15, 0.2) is 96.2 Å². The van der Waals surface area contributed by atoms with E-state index in [1.54, 1.807) is 0 Å². The van der Waals surface area contributed by atoms with Gasteiger partial charge in [0.1, 0.15) is 0 Å².